The summed E-state index contributed by atoms with van der Waals surface area (Å²) in [7, 11) is 1.50. The summed E-state index contributed by atoms with van der Waals surface area (Å²) in [6, 6.07) is 11.5. The highest BCUT2D eigenvalue weighted by molar-refractivity contribution is 6.33. The lowest BCUT2D eigenvalue weighted by molar-refractivity contribution is 0.0948. The molecule has 5 nitrogen and oxygen atoms in total. The van der Waals surface area contributed by atoms with Crippen LogP contribution in [-0.2, 0) is 13.1 Å². The summed E-state index contributed by atoms with van der Waals surface area (Å²) in [4.78, 5) is 14.9. The molecule has 6 heteroatoms. The van der Waals surface area contributed by atoms with E-state index in [0.29, 0.717) is 28.6 Å². The van der Waals surface area contributed by atoms with Crippen molar-refractivity contribution in [1.29, 1.82) is 0 Å². The van der Waals surface area contributed by atoms with Crippen molar-refractivity contribution in [3.63, 3.8) is 0 Å². The highest BCUT2D eigenvalue weighted by Gasteiger charge is 2.15. The van der Waals surface area contributed by atoms with Crippen molar-refractivity contribution in [3.05, 3.63) is 58.1 Å². The van der Waals surface area contributed by atoms with E-state index >= 15 is 0 Å². The minimum Gasteiger partial charge on any atom is -0.496 e. The molecule has 1 heterocycles. The molecule has 0 aromatic heterocycles. The molecule has 1 aliphatic rings. The summed E-state index contributed by atoms with van der Waals surface area (Å²) in [6.07, 6.45) is 2.59. The molecule has 0 aliphatic carbocycles. The second-order valence-electron chi connectivity index (χ2n) is 6.56. The fourth-order valence-electron chi connectivity index (χ4n) is 3.15. The molecule has 1 amide bonds. The Labute approximate surface area is 159 Å². The zero-order chi connectivity index (χ0) is 18.5. The molecule has 0 saturated carbocycles. The van der Waals surface area contributed by atoms with Crippen LogP contribution in [-0.4, -0.2) is 31.0 Å². The molecule has 26 heavy (non-hydrogen) atoms. The van der Waals surface area contributed by atoms with Crippen LogP contribution in [0.4, 0.5) is 5.69 Å². The molecule has 0 bridgehead atoms. The summed E-state index contributed by atoms with van der Waals surface area (Å²) < 4.78 is 5.23. The highest BCUT2D eigenvalue weighted by Crippen LogP contribution is 2.28. The van der Waals surface area contributed by atoms with Crippen molar-refractivity contribution < 1.29 is 9.53 Å². The van der Waals surface area contributed by atoms with Gasteiger partial charge in [-0.3, -0.25) is 9.69 Å². The number of nitrogen functional groups attached to an aromatic ring is 1. The van der Waals surface area contributed by atoms with Crippen molar-refractivity contribution >= 4 is 23.2 Å². The number of carbonyl (C=O) groups excluding carboxylic acids is 1. The molecule has 0 radical (unpaired) electrons. The SMILES string of the molecule is COc1cc(N)c(Cl)cc1C(=O)NCc1ccc(CN2CCCC2)cc1. The number of nitrogens with one attached hydrogen (secondary N) is 1. The van der Waals surface area contributed by atoms with Gasteiger partial charge in [-0.15, -0.1) is 0 Å². The number of halogens is 1. The predicted octanol–water partition coefficient (Wildman–Crippen LogP) is 3.46. The molecule has 1 fully saturated rings. The van der Waals surface area contributed by atoms with Crippen molar-refractivity contribution in [2.24, 2.45) is 0 Å². The highest BCUT2D eigenvalue weighted by atomic mass is 35.5. The van der Waals surface area contributed by atoms with Gasteiger partial charge in [0.25, 0.3) is 5.91 Å². The van der Waals surface area contributed by atoms with Crippen molar-refractivity contribution in [2.45, 2.75) is 25.9 Å². The van der Waals surface area contributed by atoms with Crippen LogP contribution in [0.15, 0.2) is 36.4 Å². The monoisotopic (exact) mass is 373 g/mol. The first kappa shape index (κ1) is 18.5. The van der Waals surface area contributed by atoms with Gasteiger partial charge in [0.2, 0.25) is 0 Å². The average molecular weight is 374 g/mol. The number of nitrogens with zero attached hydrogens (tertiary/aromatic N) is 1. The van der Waals surface area contributed by atoms with Crippen LogP contribution in [0.1, 0.15) is 34.3 Å². The molecule has 0 unspecified atom stereocenters. The van der Waals surface area contributed by atoms with Crippen LogP contribution in [0.25, 0.3) is 0 Å². The Morgan fingerprint density at radius 3 is 2.50 bits per heavy atom. The first-order valence-corrected chi connectivity index (χ1v) is 9.16. The van der Waals surface area contributed by atoms with Gasteiger partial charge in [0.15, 0.2) is 0 Å². The number of ether oxygens (including phenoxy) is 1. The summed E-state index contributed by atoms with van der Waals surface area (Å²) in [5.74, 6) is 0.162. The number of carbonyl (C=O) groups is 1. The van der Waals surface area contributed by atoms with Crippen molar-refractivity contribution in [3.8, 4) is 5.75 Å². The van der Waals surface area contributed by atoms with E-state index in [4.69, 9.17) is 22.1 Å². The van der Waals surface area contributed by atoms with Gasteiger partial charge in [-0.25, -0.2) is 0 Å². The third-order valence-electron chi connectivity index (χ3n) is 4.64. The molecule has 0 spiro atoms. The second-order valence-corrected chi connectivity index (χ2v) is 6.96. The predicted molar refractivity (Wildman–Crippen MR) is 105 cm³/mol. The molecule has 0 atom stereocenters. The Balaban J connectivity index is 1.60. The smallest absolute Gasteiger partial charge is 0.255 e. The molecular formula is C20H24ClN3O2. The topological polar surface area (TPSA) is 67.6 Å². The van der Waals surface area contributed by atoms with E-state index in [-0.39, 0.29) is 5.91 Å². The average Bonchev–Trinajstić information content (AvgIpc) is 3.15. The summed E-state index contributed by atoms with van der Waals surface area (Å²) >= 11 is 6.03. The van der Waals surface area contributed by atoms with Gasteiger partial charge in [-0.2, -0.15) is 0 Å². The van der Waals surface area contributed by atoms with Gasteiger partial charge in [0, 0.05) is 19.2 Å². The number of likely N-dealkylation sites (tertiary alicyclic amines) is 1. The van der Waals surface area contributed by atoms with Crippen LogP contribution in [0.3, 0.4) is 0 Å². The largest absolute Gasteiger partial charge is 0.496 e. The summed E-state index contributed by atoms with van der Waals surface area (Å²) in [5.41, 5.74) is 8.86. The fourth-order valence-corrected chi connectivity index (χ4v) is 3.32. The Bertz CT molecular complexity index is 771. The van der Waals surface area contributed by atoms with Gasteiger partial charge in [-0.1, -0.05) is 35.9 Å². The maximum absolute atomic E-state index is 12.5. The van der Waals surface area contributed by atoms with Crippen LogP contribution in [0.5, 0.6) is 5.75 Å². The van der Waals surface area contributed by atoms with E-state index < -0.39 is 0 Å². The molecule has 3 N–H and O–H groups in total. The third kappa shape index (κ3) is 4.48. The minimum absolute atomic E-state index is 0.245. The van der Waals surface area contributed by atoms with Gasteiger partial charge in [0.1, 0.15) is 5.75 Å². The second kappa shape index (κ2) is 8.43. The molecular weight excluding hydrogens is 350 g/mol. The normalized spacial score (nSPS) is 14.4. The Kier molecular flexibility index (Phi) is 6.01. The standard InChI is InChI=1S/C20H24ClN3O2/c1-26-19-11-18(22)17(21)10-16(19)20(25)23-12-14-4-6-15(7-5-14)13-24-8-2-3-9-24/h4-7,10-11H,2-3,8-9,12-13,22H2,1H3,(H,23,25). The van der Waals surface area contributed by atoms with Gasteiger partial charge >= 0.3 is 0 Å². The Morgan fingerprint density at radius 1 is 1.19 bits per heavy atom. The lowest BCUT2D eigenvalue weighted by Crippen LogP contribution is -2.23. The first-order chi connectivity index (χ1) is 12.6. The molecule has 2 aromatic carbocycles. The molecule has 1 aliphatic heterocycles. The fraction of sp³-hybridized carbons (Fsp3) is 0.350. The number of benzene rings is 2. The number of hydrogen-bond donors (Lipinski definition) is 2. The Hall–Kier alpha value is -2.24. The number of hydrogen-bond acceptors (Lipinski definition) is 4. The van der Waals surface area contributed by atoms with E-state index in [9.17, 15) is 4.79 Å². The molecule has 138 valence electrons. The van der Waals surface area contributed by atoms with Crippen LogP contribution >= 0.6 is 11.6 Å². The quantitative estimate of drug-likeness (QED) is 0.761. The zero-order valence-corrected chi connectivity index (χ0v) is 15.7. The van der Waals surface area contributed by atoms with E-state index in [1.54, 1.807) is 6.07 Å². The third-order valence-corrected chi connectivity index (χ3v) is 4.97. The van der Waals surface area contributed by atoms with E-state index in [0.717, 1.165) is 12.1 Å². The summed E-state index contributed by atoms with van der Waals surface area (Å²) in [6.45, 7) is 3.80. The minimum atomic E-state index is -0.245. The van der Waals surface area contributed by atoms with E-state index in [1.165, 1.54) is 44.7 Å². The number of nitrogens with two attached hydrogens (primary N) is 1. The van der Waals surface area contributed by atoms with Crippen LogP contribution in [0, 0.1) is 0 Å². The van der Waals surface area contributed by atoms with Crippen molar-refractivity contribution in [2.75, 3.05) is 25.9 Å². The van der Waals surface area contributed by atoms with E-state index in [2.05, 4.69) is 34.5 Å². The maximum Gasteiger partial charge on any atom is 0.255 e. The van der Waals surface area contributed by atoms with Crippen molar-refractivity contribution in [1.82, 2.24) is 10.2 Å². The van der Waals surface area contributed by atoms with Gasteiger partial charge in [0.05, 0.1) is 23.4 Å². The summed E-state index contributed by atoms with van der Waals surface area (Å²) in [5, 5.41) is 3.24. The maximum atomic E-state index is 12.5. The molecule has 3 rings (SSSR count). The number of amides is 1. The molecule has 2 aromatic rings. The lowest BCUT2D eigenvalue weighted by Gasteiger charge is -2.15. The van der Waals surface area contributed by atoms with Crippen LogP contribution < -0.4 is 15.8 Å². The first-order valence-electron chi connectivity index (χ1n) is 8.78. The lowest BCUT2D eigenvalue weighted by atomic mass is 10.1. The van der Waals surface area contributed by atoms with Gasteiger partial charge < -0.3 is 15.8 Å². The van der Waals surface area contributed by atoms with Crippen LogP contribution in [0.2, 0.25) is 5.02 Å². The molecule has 1 saturated heterocycles. The van der Waals surface area contributed by atoms with Gasteiger partial charge in [-0.05, 0) is 43.1 Å². The number of rotatable bonds is 6. The number of anilines is 1. The number of methoxy groups -OCH3 is 1. The Morgan fingerprint density at radius 2 is 1.85 bits per heavy atom. The van der Waals surface area contributed by atoms with E-state index in [1.807, 2.05) is 0 Å². The zero-order valence-electron chi connectivity index (χ0n) is 14.9.